The van der Waals surface area contributed by atoms with E-state index < -0.39 is 11.4 Å². The molecule has 0 saturated carbocycles. The second-order valence-corrected chi connectivity index (χ2v) is 7.38. The molecular weight excluding hydrogens is 292 g/mol. The molecule has 0 saturated heterocycles. The second-order valence-electron chi connectivity index (χ2n) is 7.38. The van der Waals surface area contributed by atoms with Gasteiger partial charge in [-0.1, -0.05) is 58.8 Å². The maximum absolute atomic E-state index is 12.1. The fourth-order valence-corrected chi connectivity index (χ4v) is 2.91. The lowest BCUT2D eigenvalue weighted by molar-refractivity contribution is -0.306. The molecule has 0 aromatic carbocycles. The molecule has 1 unspecified atom stereocenters. The van der Waals surface area contributed by atoms with Crippen LogP contribution < -0.4 is 5.11 Å². The summed E-state index contributed by atoms with van der Waals surface area (Å²) in [5.74, 6) is -1.39. The van der Waals surface area contributed by atoms with E-state index in [1.807, 2.05) is 20.8 Å². The molecular formula is C19H35O4-. The summed E-state index contributed by atoms with van der Waals surface area (Å²) in [7, 11) is 0. The molecule has 4 nitrogen and oxygen atoms in total. The molecule has 0 aliphatic rings. The number of carbonyl (C=O) groups excluding carboxylic acids is 2. The fraction of sp³-hybridized carbons (Fsp3) is 0.895. The van der Waals surface area contributed by atoms with Crippen molar-refractivity contribution in [2.45, 2.75) is 91.9 Å². The van der Waals surface area contributed by atoms with Crippen LogP contribution in [-0.4, -0.2) is 18.5 Å². The van der Waals surface area contributed by atoms with Gasteiger partial charge in [-0.2, -0.15) is 0 Å². The number of hydrogen-bond donors (Lipinski definition) is 0. The highest BCUT2D eigenvalue weighted by molar-refractivity contribution is 5.76. The van der Waals surface area contributed by atoms with Crippen LogP contribution in [0.4, 0.5) is 0 Å². The highest BCUT2D eigenvalue weighted by Gasteiger charge is 2.31. The summed E-state index contributed by atoms with van der Waals surface area (Å²) in [6, 6.07) is 0. The summed E-state index contributed by atoms with van der Waals surface area (Å²) in [5, 5.41) is 10.6. The van der Waals surface area contributed by atoms with Crippen LogP contribution in [0.2, 0.25) is 0 Å². The molecule has 0 heterocycles. The van der Waals surface area contributed by atoms with E-state index in [2.05, 4.69) is 6.92 Å². The quantitative estimate of drug-likeness (QED) is 0.359. The summed E-state index contributed by atoms with van der Waals surface area (Å²) in [6.07, 6.45) is 10.2. The lowest BCUT2D eigenvalue weighted by atomic mass is 9.82. The van der Waals surface area contributed by atoms with Gasteiger partial charge in [-0.05, 0) is 39.0 Å². The van der Waals surface area contributed by atoms with Gasteiger partial charge in [0.1, 0.15) is 0 Å². The first-order valence-electron chi connectivity index (χ1n) is 9.16. The minimum absolute atomic E-state index is 0.0191. The van der Waals surface area contributed by atoms with E-state index in [1.54, 1.807) is 0 Å². The minimum Gasteiger partial charge on any atom is -0.550 e. The highest BCUT2D eigenvalue weighted by atomic mass is 16.5. The van der Waals surface area contributed by atoms with Gasteiger partial charge in [0.2, 0.25) is 0 Å². The third-order valence-electron chi connectivity index (χ3n) is 4.16. The molecule has 0 spiro atoms. The number of aliphatic carboxylic acids is 1. The predicted octanol–water partition coefficient (Wildman–Crippen LogP) is 3.86. The van der Waals surface area contributed by atoms with Crippen molar-refractivity contribution in [3.05, 3.63) is 0 Å². The number of ether oxygens (including phenoxy) is 1. The maximum Gasteiger partial charge on any atom is 0.311 e. The van der Waals surface area contributed by atoms with Crippen molar-refractivity contribution in [3.8, 4) is 0 Å². The second kappa shape index (κ2) is 12.4. The Bertz CT molecular complexity index is 336. The smallest absolute Gasteiger partial charge is 0.311 e. The van der Waals surface area contributed by atoms with Crippen LogP contribution in [0.1, 0.15) is 91.9 Å². The third-order valence-corrected chi connectivity index (χ3v) is 4.16. The van der Waals surface area contributed by atoms with E-state index >= 15 is 0 Å². The highest BCUT2D eigenvalue weighted by Crippen LogP contribution is 2.28. The molecule has 0 rings (SSSR count). The molecule has 0 N–H and O–H groups in total. The molecule has 0 aromatic rings. The van der Waals surface area contributed by atoms with Gasteiger partial charge in [-0.3, -0.25) is 4.79 Å². The van der Waals surface area contributed by atoms with Crippen molar-refractivity contribution in [1.29, 1.82) is 0 Å². The van der Waals surface area contributed by atoms with Crippen molar-refractivity contribution in [1.82, 2.24) is 0 Å². The van der Waals surface area contributed by atoms with Gasteiger partial charge < -0.3 is 14.6 Å². The van der Waals surface area contributed by atoms with Crippen molar-refractivity contribution < 1.29 is 19.4 Å². The number of hydrogen-bond acceptors (Lipinski definition) is 4. The molecule has 1 atom stereocenters. The van der Waals surface area contributed by atoms with Gasteiger partial charge in [0.25, 0.3) is 0 Å². The molecule has 0 radical (unpaired) electrons. The number of esters is 1. The zero-order valence-corrected chi connectivity index (χ0v) is 15.5. The Morgan fingerprint density at radius 2 is 1.52 bits per heavy atom. The zero-order chi connectivity index (χ0) is 17.7. The molecule has 23 heavy (non-hydrogen) atoms. The molecule has 0 aliphatic heterocycles. The van der Waals surface area contributed by atoms with Gasteiger partial charge in [0.05, 0.1) is 12.0 Å². The van der Waals surface area contributed by atoms with Crippen molar-refractivity contribution in [2.24, 2.45) is 11.3 Å². The van der Waals surface area contributed by atoms with Crippen LogP contribution in [0.25, 0.3) is 0 Å². The summed E-state index contributed by atoms with van der Waals surface area (Å²) < 4.78 is 5.36. The van der Waals surface area contributed by atoms with E-state index in [-0.39, 0.29) is 18.3 Å². The molecule has 0 aromatic heterocycles. The van der Waals surface area contributed by atoms with E-state index in [0.717, 1.165) is 12.8 Å². The molecule has 0 bridgehead atoms. The van der Waals surface area contributed by atoms with Crippen LogP contribution in [0.5, 0.6) is 0 Å². The average Bonchev–Trinajstić information content (AvgIpc) is 2.43. The SMILES string of the molecule is CCCCCCCCCCOC(=O)C(C)(C)CC(C)CC(=O)[O-]. The van der Waals surface area contributed by atoms with Gasteiger partial charge in [-0.15, -0.1) is 0 Å². The predicted molar refractivity (Wildman–Crippen MR) is 90.8 cm³/mol. The van der Waals surface area contributed by atoms with Crippen LogP contribution in [0, 0.1) is 11.3 Å². The Hall–Kier alpha value is -1.06. The number of carboxylic acid groups (broad SMARTS) is 1. The van der Waals surface area contributed by atoms with E-state index in [0.29, 0.717) is 13.0 Å². The number of carboxylic acids is 1. The molecule has 0 aliphatic carbocycles. The summed E-state index contributed by atoms with van der Waals surface area (Å²) in [6.45, 7) is 8.13. The number of carbonyl (C=O) groups is 2. The largest absolute Gasteiger partial charge is 0.550 e. The third kappa shape index (κ3) is 12.1. The van der Waals surface area contributed by atoms with Crippen LogP contribution in [0.15, 0.2) is 0 Å². The Morgan fingerprint density at radius 1 is 1.00 bits per heavy atom. The van der Waals surface area contributed by atoms with Crippen molar-refractivity contribution in [3.63, 3.8) is 0 Å². The average molecular weight is 327 g/mol. The standard InChI is InChI=1S/C19H36O4/c1-5-6-7-8-9-10-11-12-13-23-18(22)19(3,4)15-16(2)14-17(20)21/h16H,5-15H2,1-4H3,(H,20,21)/p-1. The van der Waals surface area contributed by atoms with Crippen molar-refractivity contribution >= 4 is 11.9 Å². The van der Waals surface area contributed by atoms with Crippen molar-refractivity contribution in [2.75, 3.05) is 6.61 Å². The Labute approximate surface area is 142 Å². The van der Waals surface area contributed by atoms with E-state index in [4.69, 9.17) is 4.74 Å². The zero-order valence-electron chi connectivity index (χ0n) is 15.5. The first-order chi connectivity index (χ1) is 10.8. The van der Waals surface area contributed by atoms with Gasteiger partial charge in [0, 0.05) is 5.97 Å². The number of unbranched alkanes of at least 4 members (excludes halogenated alkanes) is 7. The first kappa shape index (κ1) is 21.9. The maximum atomic E-state index is 12.1. The molecule has 0 amide bonds. The van der Waals surface area contributed by atoms with Crippen LogP contribution in [0.3, 0.4) is 0 Å². The monoisotopic (exact) mass is 327 g/mol. The number of rotatable bonds is 14. The lowest BCUT2D eigenvalue weighted by Crippen LogP contribution is -2.31. The van der Waals surface area contributed by atoms with E-state index in [1.165, 1.54) is 38.5 Å². The fourth-order valence-electron chi connectivity index (χ4n) is 2.91. The molecule has 4 heteroatoms. The van der Waals surface area contributed by atoms with Crippen LogP contribution in [-0.2, 0) is 14.3 Å². The van der Waals surface area contributed by atoms with Gasteiger partial charge >= 0.3 is 5.97 Å². The Kier molecular flexibility index (Phi) is 11.8. The van der Waals surface area contributed by atoms with E-state index in [9.17, 15) is 14.7 Å². The first-order valence-corrected chi connectivity index (χ1v) is 9.16. The van der Waals surface area contributed by atoms with Crippen LogP contribution >= 0.6 is 0 Å². The summed E-state index contributed by atoms with van der Waals surface area (Å²) in [4.78, 5) is 22.7. The molecule has 0 fully saturated rings. The normalized spacial score (nSPS) is 12.9. The minimum atomic E-state index is -1.07. The molecule has 136 valence electrons. The topological polar surface area (TPSA) is 66.4 Å². The van der Waals surface area contributed by atoms with Gasteiger partial charge in [-0.25, -0.2) is 0 Å². The lowest BCUT2D eigenvalue weighted by Gasteiger charge is -2.26. The van der Waals surface area contributed by atoms with Gasteiger partial charge in [0.15, 0.2) is 0 Å². The Morgan fingerprint density at radius 3 is 2.04 bits per heavy atom. The summed E-state index contributed by atoms with van der Waals surface area (Å²) >= 11 is 0. The Balaban J connectivity index is 3.76. The summed E-state index contributed by atoms with van der Waals surface area (Å²) in [5.41, 5.74) is -0.644.